The minimum Gasteiger partial charge on any atom is -0.493 e. The quantitative estimate of drug-likeness (QED) is 0.528. The van der Waals surface area contributed by atoms with Crippen LogP contribution in [0.2, 0.25) is 0 Å². The summed E-state index contributed by atoms with van der Waals surface area (Å²) < 4.78 is 5.46. The van der Waals surface area contributed by atoms with Gasteiger partial charge in [-0.1, -0.05) is 12.1 Å². The van der Waals surface area contributed by atoms with Gasteiger partial charge in [0.1, 0.15) is 5.75 Å². The molecule has 162 valence electrons. The second kappa shape index (κ2) is 9.70. The van der Waals surface area contributed by atoms with Crippen molar-refractivity contribution in [1.29, 1.82) is 0 Å². The summed E-state index contributed by atoms with van der Waals surface area (Å²) in [6.45, 7) is 1.43. The molecule has 1 aliphatic heterocycles. The predicted octanol–water partition coefficient (Wildman–Crippen LogP) is 2.05. The molecule has 1 N–H and O–H groups in total. The molecule has 2 aromatic carbocycles. The fourth-order valence-electron chi connectivity index (χ4n) is 3.26. The van der Waals surface area contributed by atoms with Gasteiger partial charge in [-0.25, -0.2) is 4.79 Å². The second-order valence-corrected chi connectivity index (χ2v) is 6.87. The summed E-state index contributed by atoms with van der Waals surface area (Å²) in [6.07, 6.45) is 0.132. The normalized spacial score (nSPS) is 13.5. The summed E-state index contributed by atoms with van der Waals surface area (Å²) in [5.74, 6) is -1.22. The Morgan fingerprint density at radius 1 is 0.935 bits per heavy atom. The molecular formula is C21H21N3O7. The van der Waals surface area contributed by atoms with Crippen LogP contribution >= 0.6 is 0 Å². The van der Waals surface area contributed by atoms with Gasteiger partial charge in [-0.3, -0.25) is 19.7 Å². The molecule has 0 bridgehead atoms. The van der Waals surface area contributed by atoms with Gasteiger partial charge in [0.25, 0.3) is 11.6 Å². The van der Waals surface area contributed by atoms with Gasteiger partial charge in [-0.2, -0.15) is 0 Å². The number of nitrogens with zero attached hydrogens (tertiary/aromatic N) is 3. The van der Waals surface area contributed by atoms with Crippen molar-refractivity contribution < 1.29 is 29.2 Å². The van der Waals surface area contributed by atoms with Crippen molar-refractivity contribution in [3.8, 4) is 5.75 Å². The third kappa shape index (κ3) is 5.35. The number of benzene rings is 2. The molecule has 2 amide bonds. The summed E-state index contributed by atoms with van der Waals surface area (Å²) in [7, 11) is 0. The lowest BCUT2D eigenvalue weighted by Gasteiger charge is -2.35. The highest BCUT2D eigenvalue weighted by Gasteiger charge is 2.27. The Morgan fingerprint density at radius 3 is 2.10 bits per heavy atom. The molecule has 3 rings (SSSR count). The number of aromatic carboxylic acids is 1. The number of carbonyl (C=O) groups excluding carboxylic acids is 2. The number of piperazine rings is 1. The average Bonchev–Trinajstić information content (AvgIpc) is 2.79. The van der Waals surface area contributed by atoms with Gasteiger partial charge in [0, 0.05) is 38.3 Å². The molecule has 10 heteroatoms. The topological polar surface area (TPSA) is 130 Å². The maximum absolute atomic E-state index is 12.7. The van der Waals surface area contributed by atoms with Crippen LogP contribution in [0.4, 0.5) is 5.69 Å². The molecule has 0 radical (unpaired) electrons. The molecule has 0 spiro atoms. The van der Waals surface area contributed by atoms with Gasteiger partial charge in [0.2, 0.25) is 5.91 Å². The van der Waals surface area contributed by atoms with E-state index in [1.807, 2.05) is 0 Å². The van der Waals surface area contributed by atoms with E-state index in [0.717, 1.165) is 0 Å². The van der Waals surface area contributed by atoms with E-state index in [4.69, 9.17) is 4.74 Å². The fraction of sp³-hybridized carbons (Fsp3) is 0.286. The predicted molar refractivity (Wildman–Crippen MR) is 109 cm³/mol. The Bertz CT molecular complexity index is 983. The number of hydrogen-bond donors (Lipinski definition) is 1. The lowest BCUT2D eigenvalue weighted by molar-refractivity contribution is -0.384. The van der Waals surface area contributed by atoms with Gasteiger partial charge in [-0.15, -0.1) is 0 Å². The number of carboxylic acid groups (broad SMARTS) is 1. The monoisotopic (exact) mass is 427 g/mol. The Hall–Kier alpha value is -3.95. The SMILES string of the molecule is O=C(O)c1ccccc1C(=O)N1CCN(C(=O)CCOc2ccc([N+](=O)[O-])cc2)CC1. The number of hydrogen-bond acceptors (Lipinski definition) is 6. The number of nitro benzene ring substituents is 1. The van der Waals surface area contributed by atoms with Crippen molar-refractivity contribution in [2.45, 2.75) is 6.42 Å². The molecule has 0 unspecified atom stereocenters. The van der Waals surface area contributed by atoms with Gasteiger partial charge in [-0.05, 0) is 24.3 Å². The van der Waals surface area contributed by atoms with Crippen LogP contribution in [0.3, 0.4) is 0 Å². The number of carbonyl (C=O) groups is 3. The molecule has 1 heterocycles. The van der Waals surface area contributed by atoms with Gasteiger partial charge < -0.3 is 19.6 Å². The molecule has 2 aromatic rings. The molecule has 10 nitrogen and oxygen atoms in total. The fourth-order valence-corrected chi connectivity index (χ4v) is 3.26. The van der Waals surface area contributed by atoms with E-state index in [1.165, 1.54) is 36.4 Å². The molecule has 0 atom stereocenters. The van der Waals surface area contributed by atoms with Crippen molar-refractivity contribution in [1.82, 2.24) is 9.80 Å². The first-order valence-corrected chi connectivity index (χ1v) is 9.63. The minimum atomic E-state index is -1.16. The number of nitro groups is 1. The smallest absolute Gasteiger partial charge is 0.336 e. The third-order valence-electron chi connectivity index (χ3n) is 4.94. The molecule has 1 saturated heterocycles. The van der Waals surface area contributed by atoms with Crippen LogP contribution in [-0.4, -0.2) is 70.4 Å². The maximum Gasteiger partial charge on any atom is 0.336 e. The van der Waals surface area contributed by atoms with Gasteiger partial charge in [0.15, 0.2) is 0 Å². The highest BCUT2D eigenvalue weighted by Crippen LogP contribution is 2.18. The Labute approximate surface area is 177 Å². The van der Waals surface area contributed by atoms with Crippen LogP contribution in [0, 0.1) is 10.1 Å². The Morgan fingerprint density at radius 2 is 1.52 bits per heavy atom. The first-order valence-electron chi connectivity index (χ1n) is 9.63. The highest BCUT2D eigenvalue weighted by molar-refractivity contribution is 6.04. The molecule has 31 heavy (non-hydrogen) atoms. The molecule has 0 aliphatic carbocycles. The standard InChI is InChI=1S/C21H21N3O7/c25-19(9-14-31-16-7-5-15(6-8-16)24(29)30)22-10-12-23(13-11-22)20(26)17-3-1-2-4-18(17)21(27)28/h1-8H,9-14H2,(H,27,28). The van der Waals surface area contributed by atoms with Crippen LogP contribution < -0.4 is 4.74 Å². The van der Waals surface area contributed by atoms with Crippen LogP contribution in [0.1, 0.15) is 27.1 Å². The summed E-state index contributed by atoms with van der Waals surface area (Å²) in [5.41, 5.74) is 0.0440. The van der Waals surface area contributed by atoms with Crippen LogP contribution in [0.15, 0.2) is 48.5 Å². The summed E-state index contributed by atoms with van der Waals surface area (Å²) >= 11 is 0. The molecule has 1 aliphatic rings. The summed E-state index contributed by atoms with van der Waals surface area (Å²) in [5, 5.41) is 19.9. The number of rotatable bonds is 7. The molecule has 0 saturated carbocycles. The van der Waals surface area contributed by atoms with Gasteiger partial charge in [0.05, 0.1) is 29.1 Å². The molecule has 1 fully saturated rings. The highest BCUT2D eigenvalue weighted by atomic mass is 16.6. The van der Waals surface area contributed by atoms with E-state index >= 15 is 0 Å². The zero-order valence-electron chi connectivity index (χ0n) is 16.6. The Kier molecular flexibility index (Phi) is 6.81. The first-order chi connectivity index (χ1) is 14.9. The summed E-state index contributed by atoms with van der Waals surface area (Å²) in [6, 6.07) is 11.7. The van der Waals surface area contributed by atoms with E-state index in [2.05, 4.69) is 0 Å². The van der Waals surface area contributed by atoms with Crippen LogP contribution in [-0.2, 0) is 4.79 Å². The van der Waals surface area contributed by atoms with Crippen LogP contribution in [0.5, 0.6) is 5.75 Å². The van der Waals surface area contributed by atoms with Gasteiger partial charge >= 0.3 is 5.97 Å². The van der Waals surface area contributed by atoms with Crippen LogP contribution in [0.25, 0.3) is 0 Å². The molecular weight excluding hydrogens is 406 g/mol. The third-order valence-corrected chi connectivity index (χ3v) is 4.94. The lowest BCUT2D eigenvalue weighted by atomic mass is 10.1. The number of non-ortho nitro benzene ring substituents is 1. The lowest BCUT2D eigenvalue weighted by Crippen LogP contribution is -2.51. The largest absolute Gasteiger partial charge is 0.493 e. The average molecular weight is 427 g/mol. The summed E-state index contributed by atoms with van der Waals surface area (Å²) in [4.78, 5) is 49.7. The maximum atomic E-state index is 12.7. The second-order valence-electron chi connectivity index (χ2n) is 6.87. The van der Waals surface area contributed by atoms with E-state index in [0.29, 0.717) is 31.9 Å². The Balaban J connectivity index is 1.47. The van der Waals surface area contributed by atoms with Crippen molar-refractivity contribution in [2.24, 2.45) is 0 Å². The van der Waals surface area contributed by atoms with Crippen molar-refractivity contribution in [3.63, 3.8) is 0 Å². The van der Waals surface area contributed by atoms with E-state index in [1.54, 1.807) is 21.9 Å². The van der Waals surface area contributed by atoms with E-state index in [9.17, 15) is 29.6 Å². The minimum absolute atomic E-state index is 0.0400. The molecule has 0 aromatic heterocycles. The first kappa shape index (κ1) is 21.8. The zero-order chi connectivity index (χ0) is 22.4. The number of amides is 2. The number of ether oxygens (including phenoxy) is 1. The van der Waals surface area contributed by atoms with E-state index < -0.39 is 10.9 Å². The van der Waals surface area contributed by atoms with Crippen molar-refractivity contribution >= 4 is 23.5 Å². The zero-order valence-corrected chi connectivity index (χ0v) is 16.6. The van der Waals surface area contributed by atoms with Crippen molar-refractivity contribution in [2.75, 3.05) is 32.8 Å². The number of carboxylic acids is 1. The van der Waals surface area contributed by atoms with Crippen molar-refractivity contribution in [3.05, 3.63) is 69.8 Å². The van der Waals surface area contributed by atoms with E-state index in [-0.39, 0.29) is 41.7 Å².